The van der Waals surface area contributed by atoms with Crippen LogP contribution >= 0.6 is 15.9 Å². The van der Waals surface area contributed by atoms with Gasteiger partial charge in [-0.2, -0.15) is 0 Å². The Hall–Kier alpha value is -0.870. The number of carbonyl (C=O) groups is 1. The average Bonchev–Trinajstić information content (AvgIpc) is 2.29. The van der Waals surface area contributed by atoms with Crippen LogP contribution in [0, 0.1) is 0 Å². The normalized spacial score (nSPS) is 10.0. The minimum absolute atomic E-state index is 0.276. The smallest absolute Gasteiger partial charge is 0.188 e. The Bertz CT molecular complexity index is 308. The third-order valence-corrected chi connectivity index (χ3v) is 2.43. The summed E-state index contributed by atoms with van der Waals surface area (Å²) >= 11 is 3.31. The molecule has 1 aromatic carbocycles. The quantitative estimate of drug-likeness (QED) is 0.490. The molecule has 0 radical (unpaired) electrons. The van der Waals surface area contributed by atoms with E-state index in [9.17, 15) is 4.79 Å². The molecule has 0 atom stereocenters. The van der Waals surface area contributed by atoms with Crippen LogP contribution in [0.5, 0.6) is 5.75 Å². The maximum Gasteiger partial charge on any atom is 0.188 e. The van der Waals surface area contributed by atoms with Crippen molar-refractivity contribution in [1.82, 2.24) is 0 Å². The molecular formula is C11H13BrO3. The van der Waals surface area contributed by atoms with Gasteiger partial charge >= 0.3 is 0 Å². The van der Waals surface area contributed by atoms with Crippen molar-refractivity contribution in [2.24, 2.45) is 0 Å². The SMILES string of the molecule is O=C(CO)c1ccc(OCCCBr)cc1. The lowest BCUT2D eigenvalue weighted by Crippen LogP contribution is -2.04. The first kappa shape index (κ1) is 12.2. The molecule has 4 heteroatoms. The van der Waals surface area contributed by atoms with Crippen molar-refractivity contribution in [3.05, 3.63) is 29.8 Å². The Morgan fingerprint density at radius 2 is 2.00 bits per heavy atom. The Morgan fingerprint density at radius 3 is 2.53 bits per heavy atom. The van der Waals surface area contributed by atoms with Crippen molar-refractivity contribution in [3.63, 3.8) is 0 Å². The van der Waals surface area contributed by atoms with E-state index in [1.165, 1.54) is 0 Å². The number of hydrogen-bond donors (Lipinski definition) is 1. The van der Waals surface area contributed by atoms with Crippen LogP contribution in [-0.2, 0) is 0 Å². The van der Waals surface area contributed by atoms with Gasteiger partial charge in [-0.3, -0.25) is 4.79 Å². The summed E-state index contributed by atoms with van der Waals surface area (Å²) in [5.74, 6) is 0.465. The Balaban J connectivity index is 2.52. The maximum atomic E-state index is 11.1. The van der Waals surface area contributed by atoms with Gasteiger partial charge in [0.1, 0.15) is 12.4 Å². The van der Waals surface area contributed by atoms with Crippen LogP contribution in [-0.4, -0.2) is 29.4 Å². The van der Waals surface area contributed by atoms with Gasteiger partial charge in [0.2, 0.25) is 0 Å². The second-order valence-corrected chi connectivity index (χ2v) is 3.79. The van der Waals surface area contributed by atoms with Crippen molar-refractivity contribution in [1.29, 1.82) is 0 Å². The molecule has 0 heterocycles. The van der Waals surface area contributed by atoms with Crippen molar-refractivity contribution in [2.75, 3.05) is 18.5 Å². The highest BCUT2D eigenvalue weighted by Gasteiger charge is 2.03. The van der Waals surface area contributed by atoms with E-state index < -0.39 is 6.61 Å². The second kappa shape index (κ2) is 6.58. The monoisotopic (exact) mass is 272 g/mol. The predicted octanol–water partition coefficient (Wildman–Crippen LogP) is 2.03. The van der Waals surface area contributed by atoms with Crippen LogP contribution in [0.2, 0.25) is 0 Å². The fourth-order valence-corrected chi connectivity index (χ4v) is 1.30. The van der Waals surface area contributed by atoms with Crippen LogP contribution in [0.1, 0.15) is 16.8 Å². The molecule has 0 aliphatic carbocycles. The molecule has 0 spiro atoms. The van der Waals surface area contributed by atoms with E-state index in [2.05, 4.69) is 15.9 Å². The van der Waals surface area contributed by atoms with E-state index in [1.54, 1.807) is 24.3 Å². The van der Waals surface area contributed by atoms with E-state index in [-0.39, 0.29) is 5.78 Å². The zero-order valence-corrected chi connectivity index (χ0v) is 9.87. The highest BCUT2D eigenvalue weighted by molar-refractivity contribution is 9.09. The van der Waals surface area contributed by atoms with Gasteiger partial charge in [0.25, 0.3) is 0 Å². The summed E-state index contributed by atoms with van der Waals surface area (Å²) < 4.78 is 5.41. The van der Waals surface area contributed by atoms with Crippen LogP contribution in [0.3, 0.4) is 0 Å². The summed E-state index contributed by atoms with van der Waals surface area (Å²) in [5.41, 5.74) is 0.505. The highest BCUT2D eigenvalue weighted by atomic mass is 79.9. The summed E-state index contributed by atoms with van der Waals surface area (Å²) in [5, 5.41) is 9.56. The van der Waals surface area contributed by atoms with Gasteiger partial charge in [-0.25, -0.2) is 0 Å². The van der Waals surface area contributed by atoms with Crippen LogP contribution in [0.15, 0.2) is 24.3 Å². The standard InChI is InChI=1S/C11H13BrO3/c12-6-1-7-15-10-4-2-9(3-5-10)11(14)8-13/h2-5,13H,1,6-8H2. The van der Waals surface area contributed by atoms with Crippen molar-refractivity contribution in [2.45, 2.75) is 6.42 Å². The van der Waals surface area contributed by atoms with Gasteiger partial charge in [-0.15, -0.1) is 0 Å². The minimum atomic E-state index is -0.455. The number of aliphatic hydroxyl groups is 1. The summed E-state index contributed by atoms with van der Waals surface area (Å²) in [4.78, 5) is 11.1. The third-order valence-electron chi connectivity index (χ3n) is 1.87. The number of hydrogen-bond acceptors (Lipinski definition) is 3. The first-order valence-corrected chi connectivity index (χ1v) is 5.83. The molecular weight excluding hydrogens is 260 g/mol. The van der Waals surface area contributed by atoms with E-state index in [0.29, 0.717) is 12.2 Å². The number of benzene rings is 1. The molecule has 0 amide bonds. The van der Waals surface area contributed by atoms with E-state index >= 15 is 0 Å². The lowest BCUT2D eigenvalue weighted by Gasteiger charge is -2.05. The largest absolute Gasteiger partial charge is 0.494 e. The summed E-state index contributed by atoms with van der Waals surface area (Å²) in [6.45, 7) is 0.197. The molecule has 82 valence electrons. The second-order valence-electron chi connectivity index (χ2n) is 3.00. The number of halogens is 1. The molecule has 0 saturated heterocycles. The Labute approximate surface area is 97.2 Å². The zero-order valence-electron chi connectivity index (χ0n) is 8.28. The van der Waals surface area contributed by atoms with Crippen molar-refractivity contribution >= 4 is 21.7 Å². The fourth-order valence-electron chi connectivity index (χ4n) is 1.07. The summed E-state index contributed by atoms with van der Waals surface area (Å²) in [6.07, 6.45) is 0.942. The van der Waals surface area contributed by atoms with Crippen LogP contribution in [0.4, 0.5) is 0 Å². The summed E-state index contributed by atoms with van der Waals surface area (Å²) in [6, 6.07) is 6.78. The van der Waals surface area contributed by atoms with Gasteiger partial charge in [-0.1, -0.05) is 15.9 Å². The molecule has 0 bridgehead atoms. The molecule has 0 aliphatic heterocycles. The third kappa shape index (κ3) is 4.01. The van der Waals surface area contributed by atoms with E-state index in [0.717, 1.165) is 17.5 Å². The van der Waals surface area contributed by atoms with Gasteiger partial charge in [0.05, 0.1) is 6.61 Å². The number of carbonyl (C=O) groups excluding carboxylic acids is 1. The molecule has 15 heavy (non-hydrogen) atoms. The molecule has 0 saturated carbocycles. The molecule has 0 aromatic heterocycles. The molecule has 0 aliphatic rings. The lowest BCUT2D eigenvalue weighted by atomic mass is 10.1. The fraction of sp³-hybridized carbons (Fsp3) is 0.364. The van der Waals surface area contributed by atoms with Gasteiger partial charge < -0.3 is 9.84 Å². The highest BCUT2D eigenvalue weighted by Crippen LogP contribution is 2.12. The molecule has 3 nitrogen and oxygen atoms in total. The topological polar surface area (TPSA) is 46.5 Å². The molecule has 1 N–H and O–H groups in total. The number of ether oxygens (including phenoxy) is 1. The van der Waals surface area contributed by atoms with Crippen LogP contribution in [0.25, 0.3) is 0 Å². The summed E-state index contributed by atoms with van der Waals surface area (Å²) in [7, 11) is 0. The molecule has 1 rings (SSSR count). The number of rotatable bonds is 6. The zero-order chi connectivity index (χ0) is 11.1. The van der Waals surface area contributed by atoms with Crippen LogP contribution < -0.4 is 4.74 Å². The minimum Gasteiger partial charge on any atom is -0.494 e. The first-order chi connectivity index (χ1) is 7.27. The predicted molar refractivity (Wildman–Crippen MR) is 61.8 cm³/mol. The molecule has 0 fully saturated rings. The van der Waals surface area contributed by atoms with Gasteiger partial charge in [-0.05, 0) is 30.7 Å². The number of Topliss-reactive ketones (excluding diaryl/α,β-unsaturated/α-hetero) is 1. The Morgan fingerprint density at radius 1 is 1.33 bits per heavy atom. The molecule has 0 unspecified atom stereocenters. The lowest BCUT2D eigenvalue weighted by molar-refractivity contribution is 0.0903. The number of ketones is 1. The average molecular weight is 273 g/mol. The van der Waals surface area contributed by atoms with Crippen molar-refractivity contribution in [3.8, 4) is 5.75 Å². The first-order valence-electron chi connectivity index (χ1n) is 4.71. The van der Waals surface area contributed by atoms with Gasteiger partial charge in [0.15, 0.2) is 5.78 Å². The van der Waals surface area contributed by atoms with E-state index in [4.69, 9.17) is 9.84 Å². The molecule has 1 aromatic rings. The van der Waals surface area contributed by atoms with E-state index in [1.807, 2.05) is 0 Å². The van der Waals surface area contributed by atoms with Crippen molar-refractivity contribution < 1.29 is 14.6 Å². The number of aliphatic hydroxyl groups excluding tert-OH is 1. The maximum absolute atomic E-state index is 11.1. The Kier molecular flexibility index (Phi) is 5.36. The van der Waals surface area contributed by atoms with Gasteiger partial charge in [0, 0.05) is 10.9 Å². The number of alkyl halides is 1.